The van der Waals surface area contributed by atoms with Gasteiger partial charge in [0.05, 0.1) is 11.0 Å². The van der Waals surface area contributed by atoms with E-state index in [1.165, 1.54) is 17.2 Å². The molecule has 1 N–H and O–H groups in total. The van der Waals surface area contributed by atoms with E-state index < -0.39 is 0 Å². The van der Waals surface area contributed by atoms with Gasteiger partial charge in [-0.3, -0.25) is 10.1 Å². The van der Waals surface area contributed by atoms with Gasteiger partial charge in [-0.05, 0) is 35.6 Å². The number of nitrogens with zero attached hydrogens (tertiary/aromatic N) is 1. The summed E-state index contributed by atoms with van der Waals surface area (Å²) in [5.74, 6) is 1.83. The minimum Gasteiger partial charge on any atom is -0.464 e. The number of nitrogens with one attached hydrogen (secondary N) is 1. The molecule has 0 saturated heterocycles. The second kappa shape index (κ2) is 8.15. The third kappa shape index (κ3) is 3.63. The van der Waals surface area contributed by atoms with Gasteiger partial charge in [-0.2, -0.15) is 0 Å². The molecule has 1 unspecified atom stereocenters. The molecule has 0 fully saturated rings. The highest BCUT2D eigenvalue weighted by Gasteiger charge is 2.31. The Labute approximate surface area is 153 Å². The normalized spacial score (nSPS) is 21.1. The average molecular weight is 352 g/mol. The van der Waals surface area contributed by atoms with Gasteiger partial charge in [-0.1, -0.05) is 44.2 Å². The third-order valence-corrected chi connectivity index (χ3v) is 4.66. The summed E-state index contributed by atoms with van der Waals surface area (Å²) in [6, 6.07) is 6.64. The van der Waals surface area contributed by atoms with Crippen LogP contribution < -0.4 is 5.32 Å². The number of ether oxygens (including phenoxy) is 1. The van der Waals surface area contributed by atoms with Gasteiger partial charge in [0, 0.05) is 25.1 Å². The molecule has 5 heteroatoms. The van der Waals surface area contributed by atoms with Crippen LogP contribution in [0.25, 0.3) is 0 Å². The lowest BCUT2D eigenvalue weighted by Gasteiger charge is -2.29. The van der Waals surface area contributed by atoms with E-state index in [2.05, 4.69) is 17.5 Å². The van der Waals surface area contributed by atoms with Crippen LogP contribution in [0, 0.1) is 10.1 Å². The number of hydrogen-bond acceptors (Lipinski definition) is 4. The zero-order valence-corrected chi connectivity index (χ0v) is 15.2. The molecule has 1 aromatic carbocycles. The van der Waals surface area contributed by atoms with Crippen molar-refractivity contribution in [2.24, 2.45) is 0 Å². The zero-order valence-electron chi connectivity index (χ0n) is 15.2. The second-order valence-corrected chi connectivity index (χ2v) is 6.14. The molecular formula is C21H24N2O3. The van der Waals surface area contributed by atoms with Crippen molar-refractivity contribution in [1.29, 1.82) is 0 Å². The SMILES string of the molecule is CC.O=[N+]([O-])c1cccc(C2NCCC3=C2OC2=CC=CC=C3CC2)c1. The van der Waals surface area contributed by atoms with Crippen molar-refractivity contribution < 1.29 is 9.66 Å². The summed E-state index contributed by atoms with van der Waals surface area (Å²) in [6.45, 7) is 4.83. The van der Waals surface area contributed by atoms with E-state index in [0.29, 0.717) is 0 Å². The van der Waals surface area contributed by atoms with Crippen LogP contribution >= 0.6 is 0 Å². The molecule has 3 aliphatic rings. The second-order valence-electron chi connectivity index (χ2n) is 6.14. The fourth-order valence-corrected chi connectivity index (χ4v) is 3.49. The number of allylic oxidation sites excluding steroid dienone is 6. The predicted molar refractivity (Wildman–Crippen MR) is 102 cm³/mol. The Kier molecular flexibility index (Phi) is 5.68. The van der Waals surface area contributed by atoms with E-state index in [1.54, 1.807) is 12.1 Å². The van der Waals surface area contributed by atoms with E-state index in [4.69, 9.17) is 4.74 Å². The maximum atomic E-state index is 11.1. The van der Waals surface area contributed by atoms with Gasteiger partial charge in [-0.25, -0.2) is 0 Å². The van der Waals surface area contributed by atoms with Crippen LogP contribution in [0.4, 0.5) is 5.69 Å². The summed E-state index contributed by atoms with van der Waals surface area (Å²) in [7, 11) is 0. The zero-order chi connectivity index (χ0) is 18.5. The number of hydrogen-bond donors (Lipinski definition) is 1. The lowest BCUT2D eigenvalue weighted by Crippen LogP contribution is -2.30. The maximum absolute atomic E-state index is 11.1. The number of non-ortho nitro benzene ring substituents is 1. The van der Waals surface area contributed by atoms with Crippen molar-refractivity contribution in [1.82, 2.24) is 5.32 Å². The Morgan fingerprint density at radius 1 is 1.15 bits per heavy atom. The molecule has 0 aromatic heterocycles. The number of rotatable bonds is 2. The quantitative estimate of drug-likeness (QED) is 0.594. The Hall–Kier alpha value is -2.66. The topological polar surface area (TPSA) is 64.4 Å². The molecule has 2 heterocycles. The average Bonchev–Trinajstić information content (AvgIpc) is 2.78. The number of fused-ring (bicyclic) bond motifs is 4. The van der Waals surface area contributed by atoms with E-state index in [-0.39, 0.29) is 16.7 Å². The summed E-state index contributed by atoms with van der Waals surface area (Å²) in [4.78, 5) is 10.7. The Morgan fingerprint density at radius 2 is 1.96 bits per heavy atom. The first-order valence-corrected chi connectivity index (χ1v) is 9.18. The molecule has 136 valence electrons. The summed E-state index contributed by atoms with van der Waals surface area (Å²) in [6.07, 6.45) is 11.0. The lowest BCUT2D eigenvalue weighted by molar-refractivity contribution is -0.384. The van der Waals surface area contributed by atoms with Gasteiger partial charge in [0.15, 0.2) is 0 Å². The van der Waals surface area contributed by atoms with E-state index >= 15 is 0 Å². The van der Waals surface area contributed by atoms with Crippen molar-refractivity contribution in [2.45, 2.75) is 39.2 Å². The van der Waals surface area contributed by atoms with Crippen molar-refractivity contribution >= 4 is 5.69 Å². The highest BCUT2D eigenvalue weighted by molar-refractivity contribution is 5.46. The lowest BCUT2D eigenvalue weighted by atomic mass is 9.90. The van der Waals surface area contributed by atoms with Crippen LogP contribution in [-0.4, -0.2) is 11.5 Å². The van der Waals surface area contributed by atoms with Crippen LogP contribution in [0.2, 0.25) is 0 Å². The first-order chi connectivity index (χ1) is 12.7. The molecule has 1 aliphatic carbocycles. The fraction of sp³-hybridized carbons (Fsp3) is 0.333. The van der Waals surface area contributed by atoms with E-state index in [9.17, 15) is 10.1 Å². The number of benzene rings is 1. The molecule has 0 saturated carbocycles. The number of nitro groups is 1. The molecule has 5 nitrogen and oxygen atoms in total. The maximum Gasteiger partial charge on any atom is 0.269 e. The minimum atomic E-state index is -0.357. The van der Waals surface area contributed by atoms with Gasteiger partial charge in [0.2, 0.25) is 0 Å². The van der Waals surface area contributed by atoms with Crippen LogP contribution in [0.5, 0.6) is 0 Å². The van der Waals surface area contributed by atoms with Crippen molar-refractivity contribution in [3.63, 3.8) is 0 Å². The highest BCUT2D eigenvalue weighted by atomic mass is 16.6. The molecule has 0 spiro atoms. The van der Waals surface area contributed by atoms with Gasteiger partial charge in [0.1, 0.15) is 11.5 Å². The first kappa shape index (κ1) is 18.1. The van der Waals surface area contributed by atoms with Crippen molar-refractivity contribution in [2.75, 3.05) is 6.54 Å². The smallest absolute Gasteiger partial charge is 0.269 e. The molecule has 4 rings (SSSR count). The van der Waals surface area contributed by atoms with Crippen LogP contribution in [0.1, 0.15) is 44.7 Å². The van der Waals surface area contributed by atoms with Crippen molar-refractivity contribution in [3.8, 4) is 0 Å². The van der Waals surface area contributed by atoms with E-state index in [0.717, 1.165) is 42.9 Å². The molecular weight excluding hydrogens is 328 g/mol. The minimum absolute atomic E-state index is 0.105. The Balaban J connectivity index is 0.000000948. The predicted octanol–water partition coefficient (Wildman–Crippen LogP) is 5.10. The summed E-state index contributed by atoms with van der Waals surface area (Å²) < 4.78 is 6.25. The fourth-order valence-electron chi connectivity index (χ4n) is 3.49. The molecule has 1 aromatic rings. The van der Waals surface area contributed by atoms with Gasteiger partial charge < -0.3 is 10.1 Å². The largest absolute Gasteiger partial charge is 0.464 e. The molecule has 2 aliphatic heterocycles. The summed E-state index contributed by atoms with van der Waals surface area (Å²) >= 11 is 0. The van der Waals surface area contributed by atoms with Crippen LogP contribution in [0.3, 0.4) is 0 Å². The van der Waals surface area contributed by atoms with Gasteiger partial charge in [0.25, 0.3) is 5.69 Å². The molecule has 0 radical (unpaired) electrons. The number of nitro benzene ring substituents is 1. The summed E-state index contributed by atoms with van der Waals surface area (Å²) in [5, 5.41) is 14.6. The first-order valence-electron chi connectivity index (χ1n) is 9.18. The molecule has 1 atom stereocenters. The molecule has 2 bridgehead atoms. The van der Waals surface area contributed by atoms with Crippen LogP contribution in [-0.2, 0) is 4.74 Å². The van der Waals surface area contributed by atoms with Gasteiger partial charge in [-0.15, -0.1) is 0 Å². The standard InChI is InChI=1S/C19H18N2O3.C2H6/c22-21(23)15-6-3-5-14(12-15)18-19-17(10-11-20-18)13-4-1-2-7-16(24-19)9-8-13;1-2/h1-7,12,18,20H,8-11H2;1-2H3. The molecule has 26 heavy (non-hydrogen) atoms. The monoisotopic (exact) mass is 352 g/mol. The Bertz CT molecular complexity index is 818. The summed E-state index contributed by atoms with van der Waals surface area (Å²) in [5.41, 5.74) is 3.51. The molecule has 0 amide bonds. The third-order valence-electron chi connectivity index (χ3n) is 4.66. The van der Waals surface area contributed by atoms with Crippen LogP contribution in [0.15, 0.2) is 71.2 Å². The highest BCUT2D eigenvalue weighted by Crippen LogP contribution is 2.40. The van der Waals surface area contributed by atoms with Crippen molar-refractivity contribution in [3.05, 3.63) is 86.9 Å². The van der Waals surface area contributed by atoms with Gasteiger partial charge >= 0.3 is 0 Å². The Morgan fingerprint density at radius 3 is 2.77 bits per heavy atom. The van der Waals surface area contributed by atoms with E-state index in [1.807, 2.05) is 32.1 Å².